The van der Waals surface area contributed by atoms with Crippen molar-refractivity contribution in [2.24, 2.45) is 10.9 Å². The van der Waals surface area contributed by atoms with Crippen molar-refractivity contribution in [2.75, 3.05) is 25.5 Å². The van der Waals surface area contributed by atoms with E-state index in [0.717, 1.165) is 60.8 Å². The van der Waals surface area contributed by atoms with Crippen LogP contribution in [0.15, 0.2) is 17.1 Å². The number of carbonyl (C=O) groups is 1. The number of aliphatic imine (C=N–C) groups is 1. The SMILES string of the molecule is CCNCc1cc2c(c(OC)c1)C1=NCCCC1C(=O)N2. The number of benzene rings is 1. The van der Waals surface area contributed by atoms with Gasteiger partial charge in [0, 0.05) is 13.1 Å². The zero-order chi connectivity index (χ0) is 14.8. The minimum Gasteiger partial charge on any atom is -0.496 e. The van der Waals surface area contributed by atoms with Crippen LogP contribution in [0.3, 0.4) is 0 Å². The van der Waals surface area contributed by atoms with Gasteiger partial charge in [0.2, 0.25) is 5.91 Å². The van der Waals surface area contributed by atoms with Gasteiger partial charge in [-0.3, -0.25) is 9.79 Å². The number of ether oxygens (including phenoxy) is 1. The lowest BCUT2D eigenvalue weighted by Crippen LogP contribution is -2.38. The molecule has 112 valence electrons. The number of amides is 1. The molecule has 0 radical (unpaired) electrons. The van der Waals surface area contributed by atoms with E-state index in [0.29, 0.717) is 0 Å². The van der Waals surface area contributed by atoms with Gasteiger partial charge >= 0.3 is 0 Å². The van der Waals surface area contributed by atoms with E-state index in [-0.39, 0.29) is 11.8 Å². The molecule has 1 unspecified atom stereocenters. The minimum absolute atomic E-state index is 0.0589. The van der Waals surface area contributed by atoms with Gasteiger partial charge in [-0.1, -0.05) is 6.92 Å². The van der Waals surface area contributed by atoms with Crippen LogP contribution in [-0.4, -0.2) is 31.8 Å². The minimum atomic E-state index is -0.125. The van der Waals surface area contributed by atoms with Crippen LogP contribution in [-0.2, 0) is 11.3 Å². The molecule has 1 aromatic carbocycles. The summed E-state index contributed by atoms with van der Waals surface area (Å²) in [7, 11) is 1.67. The molecule has 0 spiro atoms. The molecule has 2 aliphatic rings. The fourth-order valence-electron chi connectivity index (χ4n) is 3.04. The first-order valence-corrected chi connectivity index (χ1v) is 7.51. The van der Waals surface area contributed by atoms with Crippen LogP contribution in [0.2, 0.25) is 0 Å². The van der Waals surface area contributed by atoms with Crippen LogP contribution < -0.4 is 15.4 Å². The van der Waals surface area contributed by atoms with Crippen molar-refractivity contribution in [1.82, 2.24) is 5.32 Å². The fourth-order valence-corrected chi connectivity index (χ4v) is 3.04. The summed E-state index contributed by atoms with van der Waals surface area (Å²) in [6, 6.07) is 4.05. The van der Waals surface area contributed by atoms with Crippen molar-refractivity contribution in [3.05, 3.63) is 23.3 Å². The second-order valence-corrected chi connectivity index (χ2v) is 5.45. The third-order valence-electron chi connectivity index (χ3n) is 4.05. The molecular formula is C16H21N3O2. The number of hydrogen-bond acceptors (Lipinski definition) is 4. The van der Waals surface area contributed by atoms with Gasteiger partial charge in [-0.15, -0.1) is 0 Å². The predicted molar refractivity (Wildman–Crippen MR) is 83.1 cm³/mol. The molecule has 21 heavy (non-hydrogen) atoms. The maximum absolute atomic E-state index is 12.3. The van der Waals surface area contributed by atoms with Crippen molar-refractivity contribution in [3.63, 3.8) is 0 Å². The highest BCUT2D eigenvalue weighted by molar-refractivity contribution is 6.24. The zero-order valence-electron chi connectivity index (χ0n) is 12.5. The Bertz CT molecular complexity index is 595. The number of rotatable bonds is 4. The van der Waals surface area contributed by atoms with Crippen molar-refractivity contribution in [1.29, 1.82) is 0 Å². The van der Waals surface area contributed by atoms with Crippen molar-refractivity contribution < 1.29 is 9.53 Å². The maximum Gasteiger partial charge on any atom is 0.233 e. The fraction of sp³-hybridized carbons (Fsp3) is 0.500. The number of hydrogen-bond donors (Lipinski definition) is 2. The Kier molecular flexibility index (Phi) is 3.92. The Balaban J connectivity index is 2.07. The number of fused-ring (bicyclic) bond motifs is 3. The summed E-state index contributed by atoms with van der Waals surface area (Å²) in [4.78, 5) is 16.9. The van der Waals surface area contributed by atoms with Crippen LogP contribution >= 0.6 is 0 Å². The van der Waals surface area contributed by atoms with E-state index in [1.165, 1.54) is 0 Å². The van der Waals surface area contributed by atoms with Crippen LogP contribution in [0.5, 0.6) is 5.75 Å². The van der Waals surface area contributed by atoms with E-state index in [4.69, 9.17) is 4.74 Å². The van der Waals surface area contributed by atoms with E-state index in [1.807, 2.05) is 12.1 Å². The Morgan fingerprint density at radius 1 is 1.48 bits per heavy atom. The van der Waals surface area contributed by atoms with Gasteiger partial charge in [0.1, 0.15) is 5.75 Å². The summed E-state index contributed by atoms with van der Waals surface area (Å²) in [5, 5.41) is 6.31. The van der Waals surface area contributed by atoms with E-state index in [2.05, 4.69) is 22.5 Å². The van der Waals surface area contributed by atoms with Gasteiger partial charge in [0.25, 0.3) is 0 Å². The standard InChI is InChI=1S/C16H21N3O2/c1-3-17-9-10-7-12-14(13(8-10)21-2)15-11(16(20)19-12)5-4-6-18-15/h7-8,11,17H,3-6,9H2,1-2H3,(H,19,20). The lowest BCUT2D eigenvalue weighted by atomic mass is 9.84. The normalized spacial score (nSPS) is 20.2. The van der Waals surface area contributed by atoms with Crippen molar-refractivity contribution >= 4 is 17.3 Å². The smallest absolute Gasteiger partial charge is 0.233 e. The molecule has 2 aliphatic heterocycles. The molecule has 1 amide bonds. The van der Waals surface area contributed by atoms with Crippen LogP contribution in [0.4, 0.5) is 5.69 Å². The molecule has 1 aromatic rings. The molecule has 5 nitrogen and oxygen atoms in total. The Morgan fingerprint density at radius 3 is 3.10 bits per heavy atom. The van der Waals surface area contributed by atoms with Gasteiger partial charge < -0.3 is 15.4 Å². The molecule has 0 fully saturated rings. The van der Waals surface area contributed by atoms with Crippen LogP contribution in [0.25, 0.3) is 0 Å². The molecule has 2 N–H and O–H groups in total. The summed E-state index contributed by atoms with van der Waals surface area (Å²) in [5.41, 5.74) is 3.78. The predicted octanol–water partition coefficient (Wildman–Crippen LogP) is 1.96. The number of anilines is 1. The van der Waals surface area contributed by atoms with Gasteiger partial charge in [-0.05, 0) is 37.1 Å². The lowest BCUT2D eigenvalue weighted by Gasteiger charge is -2.30. The third-order valence-corrected chi connectivity index (χ3v) is 4.05. The maximum atomic E-state index is 12.3. The second kappa shape index (κ2) is 5.85. The molecule has 0 saturated carbocycles. The van der Waals surface area contributed by atoms with E-state index in [1.54, 1.807) is 7.11 Å². The van der Waals surface area contributed by atoms with E-state index < -0.39 is 0 Å². The monoisotopic (exact) mass is 287 g/mol. The molecule has 0 aromatic heterocycles. The molecule has 5 heteroatoms. The average Bonchev–Trinajstić information content (AvgIpc) is 2.52. The van der Waals surface area contributed by atoms with Crippen molar-refractivity contribution in [3.8, 4) is 5.75 Å². The number of nitrogens with zero attached hydrogens (tertiary/aromatic N) is 1. The van der Waals surface area contributed by atoms with E-state index >= 15 is 0 Å². The molecule has 3 rings (SSSR count). The highest BCUT2D eigenvalue weighted by Crippen LogP contribution is 2.37. The molecule has 0 bridgehead atoms. The lowest BCUT2D eigenvalue weighted by molar-refractivity contribution is -0.118. The molecular weight excluding hydrogens is 266 g/mol. The summed E-state index contributed by atoms with van der Waals surface area (Å²) < 4.78 is 5.56. The molecule has 1 atom stereocenters. The van der Waals surface area contributed by atoms with Gasteiger partial charge in [-0.25, -0.2) is 0 Å². The zero-order valence-corrected chi connectivity index (χ0v) is 12.5. The number of methoxy groups -OCH3 is 1. The Morgan fingerprint density at radius 2 is 2.33 bits per heavy atom. The van der Waals surface area contributed by atoms with Gasteiger partial charge in [-0.2, -0.15) is 0 Å². The average molecular weight is 287 g/mol. The summed E-state index contributed by atoms with van der Waals surface area (Å²) in [5.74, 6) is 0.731. The highest BCUT2D eigenvalue weighted by Gasteiger charge is 2.35. The first kappa shape index (κ1) is 14.1. The van der Waals surface area contributed by atoms with Gasteiger partial charge in [0.15, 0.2) is 0 Å². The molecule has 2 heterocycles. The molecule has 0 saturated heterocycles. The summed E-state index contributed by atoms with van der Waals surface area (Å²) in [6.07, 6.45) is 1.84. The molecule has 0 aliphatic carbocycles. The van der Waals surface area contributed by atoms with Gasteiger partial charge in [0.05, 0.1) is 30.0 Å². The number of nitrogens with one attached hydrogen (secondary N) is 2. The topological polar surface area (TPSA) is 62.7 Å². The highest BCUT2D eigenvalue weighted by atomic mass is 16.5. The van der Waals surface area contributed by atoms with Crippen LogP contribution in [0.1, 0.15) is 30.9 Å². The third kappa shape index (κ3) is 2.53. The quantitative estimate of drug-likeness (QED) is 0.890. The largest absolute Gasteiger partial charge is 0.496 e. The van der Waals surface area contributed by atoms with Crippen LogP contribution in [0, 0.1) is 5.92 Å². The first-order chi connectivity index (χ1) is 10.2. The van der Waals surface area contributed by atoms with E-state index in [9.17, 15) is 4.79 Å². The first-order valence-electron chi connectivity index (χ1n) is 7.51. The summed E-state index contributed by atoms with van der Waals surface area (Å²) in [6.45, 7) is 4.52. The Labute approximate surface area is 124 Å². The van der Waals surface area contributed by atoms with Crippen molar-refractivity contribution in [2.45, 2.75) is 26.3 Å². The number of carbonyl (C=O) groups excluding carboxylic acids is 1. The summed E-state index contributed by atoms with van der Waals surface area (Å²) >= 11 is 0. The Hall–Kier alpha value is -1.88. The second-order valence-electron chi connectivity index (χ2n) is 5.45.